The topological polar surface area (TPSA) is 29.1 Å². The van der Waals surface area contributed by atoms with Crippen LogP contribution >= 0.6 is 0 Å². The number of benzene rings is 1. The number of nitrogens with one attached hydrogen (secondary N) is 1. The Morgan fingerprint density at radius 1 is 1.42 bits per heavy atom. The zero-order valence-corrected chi connectivity index (χ0v) is 6.73. The summed E-state index contributed by atoms with van der Waals surface area (Å²) >= 11 is 0. The second-order valence-electron chi connectivity index (χ2n) is 2.60. The molecule has 1 N–H and O–H groups in total. The molecule has 0 saturated heterocycles. The van der Waals surface area contributed by atoms with Crippen LogP contribution in [0.5, 0.6) is 0 Å². The van der Waals surface area contributed by atoms with Gasteiger partial charge in [-0.25, -0.2) is 0 Å². The highest BCUT2D eigenvalue weighted by molar-refractivity contribution is 6.05. The maximum atomic E-state index is 10.4. The summed E-state index contributed by atoms with van der Waals surface area (Å²) in [5.74, 6) is 0. The Morgan fingerprint density at radius 3 is 2.58 bits per heavy atom. The molecule has 1 aromatic rings. The zero-order valence-electron chi connectivity index (χ0n) is 6.73. The van der Waals surface area contributed by atoms with Crippen LogP contribution in [0, 0.1) is 0 Å². The minimum atomic E-state index is -0.285. The van der Waals surface area contributed by atoms with Crippen molar-refractivity contribution in [3.8, 4) is 0 Å². The number of carbonyl (C=O) groups excluding carboxylic acids is 1. The molecule has 0 aliphatic carbocycles. The van der Waals surface area contributed by atoms with Crippen molar-refractivity contribution >= 4 is 14.3 Å². The van der Waals surface area contributed by atoms with Crippen LogP contribution in [0.15, 0.2) is 30.3 Å². The minimum absolute atomic E-state index is 0.285. The van der Waals surface area contributed by atoms with Gasteiger partial charge >= 0.3 is 0 Å². The van der Waals surface area contributed by atoms with Gasteiger partial charge in [-0.3, -0.25) is 0 Å². The Kier molecular flexibility index (Phi) is 3.55. The third-order valence-electron chi connectivity index (χ3n) is 1.68. The van der Waals surface area contributed by atoms with Gasteiger partial charge in [0.05, 0.1) is 6.04 Å². The van der Waals surface area contributed by atoms with Gasteiger partial charge in [-0.2, -0.15) is 0 Å². The van der Waals surface area contributed by atoms with Gasteiger partial charge < -0.3 is 10.0 Å². The Balaban J connectivity index is 2.56. The Labute approximate surface area is 73.4 Å². The van der Waals surface area contributed by atoms with Gasteiger partial charge in [0.15, 0.2) is 7.98 Å². The molecule has 0 aliphatic rings. The smallest absolute Gasteiger partial charge is 0.178 e. The maximum Gasteiger partial charge on any atom is 0.178 e. The summed E-state index contributed by atoms with van der Waals surface area (Å²) < 4.78 is 0. The average Bonchev–Trinajstić information content (AvgIpc) is 2.16. The number of carbonyl (C=O) groups is 1. The van der Waals surface area contributed by atoms with Crippen LogP contribution in [0.25, 0.3) is 0 Å². The van der Waals surface area contributed by atoms with Crippen molar-refractivity contribution in [1.29, 1.82) is 0 Å². The van der Waals surface area contributed by atoms with Crippen molar-refractivity contribution in [2.24, 2.45) is 0 Å². The number of rotatable bonds is 4. The molecule has 0 saturated carbocycles. The highest BCUT2D eigenvalue weighted by Crippen LogP contribution is 2.00. The van der Waals surface area contributed by atoms with E-state index in [0.29, 0.717) is 6.42 Å². The zero-order chi connectivity index (χ0) is 8.81. The van der Waals surface area contributed by atoms with Crippen LogP contribution < -0.4 is 5.23 Å². The Hall–Kier alpha value is -1.09. The first-order valence-electron chi connectivity index (χ1n) is 3.82. The van der Waals surface area contributed by atoms with Gasteiger partial charge in [0, 0.05) is 0 Å². The van der Waals surface area contributed by atoms with Crippen LogP contribution in [-0.4, -0.2) is 20.3 Å². The molecule has 0 aromatic heterocycles. The Bertz CT molecular complexity index is 238. The molecule has 1 rings (SSSR count). The van der Waals surface area contributed by atoms with Crippen LogP contribution in [0.2, 0.25) is 0 Å². The molecule has 2 radical (unpaired) electrons. The molecule has 0 spiro atoms. The molecule has 0 aliphatic heterocycles. The first kappa shape index (κ1) is 9.01. The van der Waals surface area contributed by atoms with Crippen LogP contribution in [0.1, 0.15) is 5.56 Å². The van der Waals surface area contributed by atoms with E-state index < -0.39 is 0 Å². The van der Waals surface area contributed by atoms with Gasteiger partial charge in [0.25, 0.3) is 0 Å². The third-order valence-corrected chi connectivity index (χ3v) is 1.68. The Morgan fingerprint density at radius 2 is 2.08 bits per heavy atom. The number of hydrogen-bond donors (Lipinski definition) is 1. The minimum Gasteiger partial charge on any atom is -0.358 e. The number of aldehydes is 1. The molecule has 60 valence electrons. The quantitative estimate of drug-likeness (QED) is 0.511. The van der Waals surface area contributed by atoms with E-state index in [1.807, 2.05) is 30.3 Å². The lowest BCUT2D eigenvalue weighted by molar-refractivity contribution is -0.109. The second-order valence-corrected chi connectivity index (χ2v) is 2.60. The van der Waals surface area contributed by atoms with Crippen LogP contribution in [-0.2, 0) is 11.2 Å². The van der Waals surface area contributed by atoms with Crippen LogP contribution in [0.3, 0.4) is 0 Å². The van der Waals surface area contributed by atoms with Crippen molar-refractivity contribution < 1.29 is 4.79 Å². The van der Waals surface area contributed by atoms with E-state index in [9.17, 15) is 4.79 Å². The fourth-order valence-electron chi connectivity index (χ4n) is 1.01. The third kappa shape index (κ3) is 2.51. The van der Waals surface area contributed by atoms with Crippen molar-refractivity contribution in [2.75, 3.05) is 0 Å². The molecule has 0 heterocycles. The van der Waals surface area contributed by atoms with Gasteiger partial charge in [0.2, 0.25) is 0 Å². The summed E-state index contributed by atoms with van der Waals surface area (Å²) in [5, 5.41) is 2.43. The monoisotopic (exact) mass is 159 g/mol. The summed E-state index contributed by atoms with van der Waals surface area (Å²) in [5.41, 5.74) is 1.10. The molecule has 12 heavy (non-hydrogen) atoms. The first-order chi connectivity index (χ1) is 5.86. The molecule has 3 heteroatoms. The lowest BCUT2D eigenvalue weighted by Gasteiger charge is -2.08. The standard InChI is InChI=1S/C9H10BNO/c10-11-9(7-12)6-8-4-2-1-3-5-8/h1-5,7,9,11H,6H2/t9-/m0/s1. The second kappa shape index (κ2) is 4.72. The van der Waals surface area contributed by atoms with E-state index in [4.69, 9.17) is 7.98 Å². The molecule has 0 bridgehead atoms. The fraction of sp³-hybridized carbons (Fsp3) is 0.222. The van der Waals surface area contributed by atoms with Gasteiger partial charge in [-0.05, 0) is 12.0 Å². The first-order valence-corrected chi connectivity index (χ1v) is 3.82. The van der Waals surface area contributed by atoms with Gasteiger partial charge in [-0.15, -0.1) is 0 Å². The maximum absolute atomic E-state index is 10.4. The lowest BCUT2D eigenvalue weighted by atomic mass is 10.1. The van der Waals surface area contributed by atoms with E-state index in [1.165, 1.54) is 0 Å². The van der Waals surface area contributed by atoms with Gasteiger partial charge in [0.1, 0.15) is 6.29 Å². The summed E-state index contributed by atoms with van der Waals surface area (Å²) in [6.45, 7) is 0. The van der Waals surface area contributed by atoms with E-state index in [2.05, 4.69) is 5.23 Å². The molecule has 1 atom stereocenters. The normalized spacial score (nSPS) is 12.3. The highest BCUT2D eigenvalue weighted by Gasteiger charge is 2.03. The van der Waals surface area contributed by atoms with Crippen molar-refractivity contribution in [1.82, 2.24) is 5.23 Å². The molecule has 0 amide bonds. The summed E-state index contributed by atoms with van der Waals surface area (Å²) in [7, 11) is 5.15. The number of hydrogen-bond acceptors (Lipinski definition) is 2. The predicted octanol–water partition coefficient (Wildman–Crippen LogP) is 0.470. The van der Waals surface area contributed by atoms with Crippen molar-refractivity contribution in [3.63, 3.8) is 0 Å². The molecule has 2 nitrogen and oxygen atoms in total. The van der Waals surface area contributed by atoms with E-state index >= 15 is 0 Å². The lowest BCUT2D eigenvalue weighted by Crippen LogP contribution is -2.30. The van der Waals surface area contributed by atoms with Gasteiger partial charge in [-0.1, -0.05) is 30.3 Å². The molecule has 0 fully saturated rings. The van der Waals surface area contributed by atoms with Crippen LogP contribution in [0.4, 0.5) is 0 Å². The average molecular weight is 159 g/mol. The molecular weight excluding hydrogens is 149 g/mol. The van der Waals surface area contributed by atoms with E-state index in [-0.39, 0.29) is 6.04 Å². The summed E-state index contributed by atoms with van der Waals surface area (Å²) in [6, 6.07) is 9.46. The molecular formula is C9H10BNO. The summed E-state index contributed by atoms with van der Waals surface area (Å²) in [6.07, 6.45) is 1.45. The van der Waals surface area contributed by atoms with Crippen molar-refractivity contribution in [3.05, 3.63) is 35.9 Å². The van der Waals surface area contributed by atoms with E-state index in [1.54, 1.807) is 0 Å². The SMILES string of the molecule is [B]N[C@H](C=O)Cc1ccccc1. The summed E-state index contributed by atoms with van der Waals surface area (Å²) in [4.78, 5) is 10.4. The van der Waals surface area contributed by atoms with E-state index in [0.717, 1.165) is 11.8 Å². The predicted molar refractivity (Wildman–Crippen MR) is 48.9 cm³/mol. The highest BCUT2D eigenvalue weighted by atomic mass is 16.1. The molecule has 1 aromatic carbocycles. The molecule has 0 unspecified atom stereocenters. The largest absolute Gasteiger partial charge is 0.358 e. The fourth-order valence-corrected chi connectivity index (χ4v) is 1.01. The van der Waals surface area contributed by atoms with Crippen molar-refractivity contribution in [2.45, 2.75) is 12.5 Å².